The Balaban J connectivity index is 1.66. The molecule has 0 saturated carbocycles. The van der Waals surface area contributed by atoms with E-state index in [0.717, 1.165) is 14.4 Å². The largest absolute Gasteiger partial charge is 0.508 e. The number of aromatic nitrogens is 2. The Kier molecular flexibility index (Phi) is 4.54. The number of benzene rings is 1. The van der Waals surface area contributed by atoms with Crippen LogP contribution in [0.5, 0.6) is 5.75 Å². The van der Waals surface area contributed by atoms with Crippen molar-refractivity contribution < 1.29 is 9.90 Å². The van der Waals surface area contributed by atoms with Crippen LogP contribution in [0.4, 0.5) is 0 Å². The summed E-state index contributed by atoms with van der Waals surface area (Å²) in [7, 11) is 0. The van der Waals surface area contributed by atoms with Gasteiger partial charge in [-0.15, -0.1) is 11.3 Å². The van der Waals surface area contributed by atoms with Gasteiger partial charge in [0.05, 0.1) is 20.6 Å². The molecule has 0 fully saturated rings. The number of halogens is 1. The van der Waals surface area contributed by atoms with E-state index in [1.54, 1.807) is 35.6 Å². The Bertz CT molecular complexity index is 872. The molecule has 23 heavy (non-hydrogen) atoms. The highest BCUT2D eigenvalue weighted by Crippen LogP contribution is 2.30. The third-order valence-corrected chi connectivity index (χ3v) is 4.56. The normalized spacial score (nSPS) is 11.0. The van der Waals surface area contributed by atoms with Gasteiger partial charge in [-0.25, -0.2) is 5.43 Å². The fourth-order valence-corrected chi connectivity index (χ4v) is 3.20. The van der Waals surface area contributed by atoms with Gasteiger partial charge in [-0.3, -0.25) is 9.89 Å². The van der Waals surface area contributed by atoms with Crippen LogP contribution in [0.15, 0.2) is 51.4 Å². The summed E-state index contributed by atoms with van der Waals surface area (Å²) in [4.78, 5) is 13.0. The number of nitrogens with one attached hydrogen (secondary N) is 2. The van der Waals surface area contributed by atoms with Gasteiger partial charge in [-0.05, 0) is 51.8 Å². The van der Waals surface area contributed by atoms with Gasteiger partial charge in [-0.1, -0.05) is 12.1 Å². The molecule has 0 aliphatic heterocycles. The molecular formula is C15H11BrN4O2S. The maximum atomic E-state index is 12.0. The fraction of sp³-hybridized carbons (Fsp3) is 0. The summed E-state index contributed by atoms with van der Waals surface area (Å²) in [5.74, 6) is -0.279. The minimum absolute atomic E-state index is 0.138. The second kappa shape index (κ2) is 6.76. The zero-order chi connectivity index (χ0) is 16.2. The molecular weight excluding hydrogens is 380 g/mol. The van der Waals surface area contributed by atoms with Crippen molar-refractivity contribution in [1.82, 2.24) is 15.6 Å². The Morgan fingerprint density at radius 3 is 2.96 bits per heavy atom. The van der Waals surface area contributed by atoms with Crippen molar-refractivity contribution >= 4 is 39.4 Å². The molecule has 2 heterocycles. The summed E-state index contributed by atoms with van der Waals surface area (Å²) in [6.07, 6.45) is 1.45. The Hall–Kier alpha value is -2.45. The molecule has 6 nitrogen and oxygen atoms in total. The highest BCUT2D eigenvalue weighted by Gasteiger charge is 2.11. The standard InChI is InChI=1S/C15H11BrN4O2S/c16-14-5-4-13(23-14)11-7-12(19-18-11)15(22)20-17-8-9-2-1-3-10(21)6-9/h1-8,21H,(H,18,19)(H,20,22). The smallest absolute Gasteiger partial charge is 0.291 e. The average Bonchev–Trinajstić information content (AvgIpc) is 3.16. The Morgan fingerprint density at radius 2 is 2.22 bits per heavy atom. The molecule has 2 aromatic heterocycles. The maximum absolute atomic E-state index is 12.0. The number of phenols is 1. The first-order valence-corrected chi connectivity index (χ1v) is 8.16. The zero-order valence-electron chi connectivity index (χ0n) is 11.7. The van der Waals surface area contributed by atoms with Crippen LogP contribution in [0, 0.1) is 0 Å². The van der Waals surface area contributed by atoms with E-state index >= 15 is 0 Å². The molecule has 3 aromatic rings. The number of nitrogens with zero attached hydrogens (tertiary/aromatic N) is 2. The third-order valence-electron chi connectivity index (χ3n) is 2.90. The molecule has 0 saturated heterocycles. The molecule has 1 aromatic carbocycles. The number of hydrazone groups is 1. The lowest BCUT2D eigenvalue weighted by atomic mass is 10.2. The van der Waals surface area contributed by atoms with Crippen LogP contribution in [0.1, 0.15) is 16.1 Å². The van der Waals surface area contributed by atoms with Crippen molar-refractivity contribution in [1.29, 1.82) is 0 Å². The van der Waals surface area contributed by atoms with Crippen LogP contribution < -0.4 is 5.43 Å². The predicted octanol–water partition coefficient (Wildman–Crippen LogP) is 3.37. The number of H-pyrrole nitrogens is 1. The first-order chi connectivity index (χ1) is 11.1. The number of phenolic OH excluding ortho intramolecular Hbond substituents is 1. The first kappa shape index (κ1) is 15.4. The van der Waals surface area contributed by atoms with Crippen LogP contribution in [0.3, 0.4) is 0 Å². The number of rotatable bonds is 4. The average molecular weight is 391 g/mol. The highest BCUT2D eigenvalue weighted by molar-refractivity contribution is 9.11. The van der Waals surface area contributed by atoms with Gasteiger partial charge in [0.25, 0.3) is 5.91 Å². The van der Waals surface area contributed by atoms with Gasteiger partial charge >= 0.3 is 0 Å². The van der Waals surface area contributed by atoms with Crippen molar-refractivity contribution in [2.24, 2.45) is 5.10 Å². The number of aromatic amines is 1. The van der Waals surface area contributed by atoms with E-state index in [9.17, 15) is 9.90 Å². The molecule has 0 spiro atoms. The van der Waals surface area contributed by atoms with Crippen molar-refractivity contribution in [2.45, 2.75) is 0 Å². The summed E-state index contributed by atoms with van der Waals surface area (Å²) in [6.45, 7) is 0. The van der Waals surface area contributed by atoms with Crippen LogP contribution in [0.2, 0.25) is 0 Å². The van der Waals surface area contributed by atoms with Crippen LogP contribution >= 0.6 is 27.3 Å². The molecule has 0 atom stereocenters. The second-order valence-corrected chi connectivity index (χ2v) is 7.03. The Labute approximate surface area is 144 Å². The van der Waals surface area contributed by atoms with Gasteiger partial charge < -0.3 is 5.11 Å². The molecule has 0 aliphatic rings. The third kappa shape index (κ3) is 3.85. The summed E-state index contributed by atoms with van der Waals surface area (Å²) in [6, 6.07) is 12.1. The first-order valence-electron chi connectivity index (χ1n) is 6.55. The molecule has 3 rings (SSSR count). The lowest BCUT2D eigenvalue weighted by Gasteiger charge is -1.96. The van der Waals surface area contributed by atoms with Gasteiger partial charge in [0.15, 0.2) is 5.69 Å². The monoisotopic (exact) mass is 390 g/mol. The van der Waals surface area contributed by atoms with E-state index in [0.29, 0.717) is 5.56 Å². The lowest BCUT2D eigenvalue weighted by molar-refractivity contribution is 0.0950. The van der Waals surface area contributed by atoms with Crippen LogP contribution in [-0.4, -0.2) is 27.4 Å². The van der Waals surface area contributed by atoms with Crippen molar-refractivity contribution in [3.05, 3.63) is 57.5 Å². The van der Waals surface area contributed by atoms with Gasteiger partial charge in [0.1, 0.15) is 5.75 Å². The molecule has 1 amide bonds. The number of aromatic hydroxyl groups is 1. The molecule has 8 heteroatoms. The quantitative estimate of drug-likeness (QED) is 0.471. The number of hydrogen-bond acceptors (Lipinski definition) is 5. The number of amides is 1. The van der Waals surface area contributed by atoms with E-state index in [2.05, 4.69) is 36.7 Å². The zero-order valence-corrected chi connectivity index (χ0v) is 14.1. The molecule has 3 N–H and O–H groups in total. The van der Waals surface area contributed by atoms with Crippen LogP contribution in [0.25, 0.3) is 10.6 Å². The predicted molar refractivity (Wildman–Crippen MR) is 92.8 cm³/mol. The Morgan fingerprint density at radius 1 is 1.35 bits per heavy atom. The maximum Gasteiger partial charge on any atom is 0.291 e. The fourth-order valence-electron chi connectivity index (χ4n) is 1.85. The second-order valence-electron chi connectivity index (χ2n) is 4.56. The molecule has 116 valence electrons. The molecule has 0 aliphatic carbocycles. The van der Waals surface area contributed by atoms with E-state index in [1.165, 1.54) is 12.3 Å². The van der Waals surface area contributed by atoms with Crippen LogP contribution in [-0.2, 0) is 0 Å². The number of carbonyl (C=O) groups is 1. The van der Waals surface area contributed by atoms with Gasteiger partial charge in [0.2, 0.25) is 0 Å². The number of hydrogen-bond donors (Lipinski definition) is 3. The molecule has 0 bridgehead atoms. The van der Waals surface area contributed by atoms with E-state index < -0.39 is 5.91 Å². The van der Waals surface area contributed by atoms with E-state index in [1.807, 2.05) is 12.1 Å². The highest BCUT2D eigenvalue weighted by atomic mass is 79.9. The van der Waals surface area contributed by atoms with E-state index in [-0.39, 0.29) is 11.4 Å². The molecule has 0 radical (unpaired) electrons. The molecule has 0 unspecified atom stereocenters. The summed E-state index contributed by atoms with van der Waals surface area (Å²) in [5, 5.41) is 20.0. The summed E-state index contributed by atoms with van der Waals surface area (Å²) < 4.78 is 1.00. The van der Waals surface area contributed by atoms with Crippen molar-refractivity contribution in [3.8, 4) is 16.3 Å². The summed E-state index contributed by atoms with van der Waals surface area (Å²) >= 11 is 4.94. The number of thiophene rings is 1. The SMILES string of the molecule is O=C(NN=Cc1cccc(O)c1)c1cc(-c2ccc(Br)s2)[nH]n1. The van der Waals surface area contributed by atoms with Crippen molar-refractivity contribution in [3.63, 3.8) is 0 Å². The minimum Gasteiger partial charge on any atom is -0.508 e. The van der Waals surface area contributed by atoms with Gasteiger partial charge in [-0.2, -0.15) is 10.2 Å². The number of carbonyl (C=O) groups excluding carboxylic acids is 1. The van der Waals surface area contributed by atoms with Crippen molar-refractivity contribution in [2.75, 3.05) is 0 Å². The van der Waals surface area contributed by atoms with Gasteiger partial charge in [0, 0.05) is 0 Å². The minimum atomic E-state index is -0.417. The summed E-state index contributed by atoms with van der Waals surface area (Å²) in [5.41, 5.74) is 4.09. The lowest BCUT2D eigenvalue weighted by Crippen LogP contribution is -2.17. The van der Waals surface area contributed by atoms with E-state index in [4.69, 9.17) is 0 Å². The topological polar surface area (TPSA) is 90.4 Å².